The van der Waals surface area contributed by atoms with Gasteiger partial charge >= 0.3 is 12.2 Å². The number of piperidine rings is 1. The summed E-state index contributed by atoms with van der Waals surface area (Å²) in [7, 11) is 1.56. The summed E-state index contributed by atoms with van der Waals surface area (Å²) in [6.45, 7) is 3.91. The minimum atomic E-state index is -4.58. The Bertz CT molecular complexity index is 987. The molecule has 5 unspecified atom stereocenters. The number of hydrogen-bond acceptors (Lipinski definition) is 5. The number of alkyl halides is 3. The van der Waals surface area contributed by atoms with E-state index in [9.17, 15) is 18.0 Å². The van der Waals surface area contributed by atoms with Crippen molar-refractivity contribution >= 4 is 6.03 Å². The molecular formula is C21H24F3N5O2. The molecule has 0 spiro atoms. The molecule has 2 saturated heterocycles. The van der Waals surface area contributed by atoms with Crippen LogP contribution < -0.4 is 5.73 Å². The summed E-state index contributed by atoms with van der Waals surface area (Å²) >= 11 is 0. The minimum Gasteiger partial charge on any atom is -0.379 e. The Morgan fingerprint density at radius 2 is 2.10 bits per heavy atom. The number of fused-ring (bicyclic) bond motifs is 2. The zero-order chi connectivity index (χ0) is 22.6. The number of rotatable bonds is 4. The van der Waals surface area contributed by atoms with E-state index in [2.05, 4.69) is 15.2 Å². The number of amides is 2. The molecule has 1 saturated carbocycles. The summed E-state index contributed by atoms with van der Waals surface area (Å²) in [6, 6.07) is 3.48. The number of aromatic nitrogens is 3. The number of ether oxygens (including phenoxy) is 1. The largest absolute Gasteiger partial charge is 0.417 e. The number of urea groups is 1. The van der Waals surface area contributed by atoms with E-state index in [4.69, 9.17) is 10.5 Å². The van der Waals surface area contributed by atoms with E-state index in [0.717, 1.165) is 6.07 Å². The van der Waals surface area contributed by atoms with E-state index in [1.165, 1.54) is 24.5 Å². The van der Waals surface area contributed by atoms with Crippen LogP contribution in [0.25, 0.3) is 11.4 Å². The van der Waals surface area contributed by atoms with E-state index in [-0.39, 0.29) is 35.4 Å². The van der Waals surface area contributed by atoms with Crippen molar-refractivity contribution in [2.24, 2.45) is 11.7 Å². The zero-order valence-electron chi connectivity index (χ0n) is 17.4. The van der Waals surface area contributed by atoms with Crippen molar-refractivity contribution in [2.45, 2.75) is 56.5 Å². The zero-order valence-corrected chi connectivity index (χ0v) is 17.4. The second-order valence-corrected chi connectivity index (χ2v) is 8.40. The Balaban J connectivity index is 1.89. The molecule has 166 valence electrons. The molecule has 3 fully saturated rings. The fraction of sp³-hybridized carbons (Fsp3) is 0.524. The lowest BCUT2D eigenvalue weighted by molar-refractivity contribution is -0.171. The SMILES string of the molecule is COC(C)C12CC(CC(C)C1c1ccc(C(F)(F)F)c(-c3nccnn3)c1)N2C(N)=O. The number of hydrogen-bond donors (Lipinski definition) is 1. The predicted molar refractivity (Wildman–Crippen MR) is 106 cm³/mol. The highest BCUT2D eigenvalue weighted by Crippen LogP contribution is 2.59. The Hall–Kier alpha value is -2.75. The molecule has 5 atom stereocenters. The van der Waals surface area contributed by atoms with E-state index >= 15 is 0 Å². The summed E-state index contributed by atoms with van der Waals surface area (Å²) in [5, 5.41) is 7.48. The molecule has 1 aliphatic carbocycles. The molecule has 2 amide bonds. The van der Waals surface area contributed by atoms with E-state index in [1.807, 2.05) is 13.8 Å². The van der Waals surface area contributed by atoms with Crippen molar-refractivity contribution in [2.75, 3.05) is 7.11 Å². The van der Waals surface area contributed by atoms with Crippen molar-refractivity contribution in [1.82, 2.24) is 20.1 Å². The molecule has 3 aliphatic rings. The summed E-state index contributed by atoms with van der Waals surface area (Å²) in [5.74, 6) is -0.267. The molecule has 2 aromatic rings. The molecule has 2 bridgehead atoms. The minimum absolute atomic E-state index is 0.0110. The van der Waals surface area contributed by atoms with Crippen molar-refractivity contribution in [3.63, 3.8) is 0 Å². The number of nitrogens with two attached hydrogens (primary N) is 1. The van der Waals surface area contributed by atoms with Gasteiger partial charge in [-0.2, -0.15) is 18.3 Å². The van der Waals surface area contributed by atoms with Crippen LogP contribution >= 0.6 is 0 Å². The lowest BCUT2D eigenvalue weighted by Gasteiger charge is -2.68. The lowest BCUT2D eigenvalue weighted by Crippen LogP contribution is -2.79. The van der Waals surface area contributed by atoms with Crippen molar-refractivity contribution in [3.05, 3.63) is 41.7 Å². The fourth-order valence-corrected chi connectivity index (χ4v) is 5.70. The van der Waals surface area contributed by atoms with Gasteiger partial charge in [0, 0.05) is 30.8 Å². The topological polar surface area (TPSA) is 94.2 Å². The maximum Gasteiger partial charge on any atom is 0.417 e. The number of nitrogens with zero attached hydrogens (tertiary/aromatic N) is 4. The van der Waals surface area contributed by atoms with Gasteiger partial charge in [-0.15, -0.1) is 5.10 Å². The van der Waals surface area contributed by atoms with Crippen LogP contribution in [0.3, 0.4) is 0 Å². The summed E-state index contributed by atoms with van der Waals surface area (Å²) in [5.41, 5.74) is 4.67. The molecule has 2 aliphatic heterocycles. The third-order valence-corrected chi connectivity index (χ3v) is 6.85. The first-order chi connectivity index (χ1) is 14.6. The summed E-state index contributed by atoms with van der Waals surface area (Å²) in [6.07, 6.45) is -0.935. The molecule has 2 N–H and O–H groups in total. The van der Waals surface area contributed by atoms with Crippen molar-refractivity contribution < 1.29 is 22.7 Å². The normalized spacial score (nSPS) is 28.7. The molecule has 5 rings (SSSR count). The van der Waals surface area contributed by atoms with Crippen LogP contribution in [0.4, 0.5) is 18.0 Å². The maximum atomic E-state index is 13.7. The van der Waals surface area contributed by atoms with Gasteiger partial charge < -0.3 is 15.4 Å². The van der Waals surface area contributed by atoms with Crippen LogP contribution in [0.2, 0.25) is 0 Å². The molecule has 7 nitrogen and oxygen atoms in total. The fourth-order valence-electron chi connectivity index (χ4n) is 5.70. The van der Waals surface area contributed by atoms with Crippen LogP contribution in [-0.2, 0) is 10.9 Å². The first-order valence-electron chi connectivity index (χ1n) is 10.1. The van der Waals surface area contributed by atoms with Gasteiger partial charge in [0.05, 0.1) is 23.4 Å². The van der Waals surface area contributed by atoms with Gasteiger partial charge in [0.15, 0.2) is 5.82 Å². The van der Waals surface area contributed by atoms with Gasteiger partial charge in [-0.05, 0) is 43.4 Å². The van der Waals surface area contributed by atoms with E-state index in [1.54, 1.807) is 12.0 Å². The van der Waals surface area contributed by atoms with Crippen LogP contribution in [0.5, 0.6) is 0 Å². The second-order valence-electron chi connectivity index (χ2n) is 8.40. The summed E-state index contributed by atoms with van der Waals surface area (Å²) in [4.78, 5) is 17.9. The third-order valence-electron chi connectivity index (χ3n) is 6.85. The monoisotopic (exact) mass is 435 g/mol. The molecule has 1 aromatic carbocycles. The smallest absolute Gasteiger partial charge is 0.379 e. The van der Waals surface area contributed by atoms with Crippen LogP contribution in [0, 0.1) is 5.92 Å². The molecule has 0 radical (unpaired) electrons. The highest BCUT2D eigenvalue weighted by molar-refractivity contribution is 5.76. The average molecular weight is 435 g/mol. The Kier molecular flexibility index (Phi) is 5.15. The first kappa shape index (κ1) is 21.5. The van der Waals surface area contributed by atoms with Crippen LogP contribution in [0.1, 0.15) is 43.7 Å². The number of benzene rings is 1. The predicted octanol–water partition coefficient (Wildman–Crippen LogP) is 3.61. The number of carbonyl (C=O) groups is 1. The van der Waals surface area contributed by atoms with Gasteiger partial charge in [0.25, 0.3) is 0 Å². The Morgan fingerprint density at radius 3 is 2.68 bits per heavy atom. The number of primary amides is 1. The van der Waals surface area contributed by atoms with E-state index in [0.29, 0.717) is 18.4 Å². The molecule has 3 heterocycles. The highest BCUT2D eigenvalue weighted by atomic mass is 19.4. The van der Waals surface area contributed by atoms with Gasteiger partial charge in [-0.3, -0.25) is 0 Å². The van der Waals surface area contributed by atoms with Crippen molar-refractivity contribution in [1.29, 1.82) is 0 Å². The van der Waals surface area contributed by atoms with Crippen LogP contribution in [0.15, 0.2) is 30.6 Å². The molecule has 10 heteroatoms. The Labute approximate surface area is 177 Å². The van der Waals surface area contributed by atoms with Gasteiger partial charge in [-0.25, -0.2) is 9.78 Å². The number of halogens is 3. The third kappa shape index (κ3) is 3.24. The quantitative estimate of drug-likeness (QED) is 0.792. The number of methoxy groups -OCH3 is 1. The van der Waals surface area contributed by atoms with Gasteiger partial charge in [-0.1, -0.05) is 13.0 Å². The van der Waals surface area contributed by atoms with Gasteiger partial charge in [0.2, 0.25) is 0 Å². The first-order valence-corrected chi connectivity index (χ1v) is 10.1. The molecular weight excluding hydrogens is 411 g/mol. The van der Waals surface area contributed by atoms with Crippen LogP contribution in [-0.4, -0.2) is 50.9 Å². The number of carbonyl (C=O) groups excluding carboxylic acids is 1. The average Bonchev–Trinajstić information content (AvgIpc) is 2.71. The maximum absolute atomic E-state index is 13.7. The lowest BCUT2D eigenvalue weighted by atomic mass is 9.54. The Morgan fingerprint density at radius 1 is 1.35 bits per heavy atom. The van der Waals surface area contributed by atoms with E-state index < -0.39 is 23.3 Å². The van der Waals surface area contributed by atoms with Gasteiger partial charge in [0.1, 0.15) is 0 Å². The van der Waals surface area contributed by atoms with Crippen molar-refractivity contribution in [3.8, 4) is 11.4 Å². The molecule has 31 heavy (non-hydrogen) atoms. The molecule has 1 aromatic heterocycles. The highest BCUT2D eigenvalue weighted by Gasteiger charge is 2.66. The standard InChI is InChI=1S/C21H24F3N5O2/c1-11-8-14-10-20(12(2)31-3,29(14)19(25)30)17(11)13-4-5-16(21(22,23)24)15(9-13)18-26-6-7-27-28-18/h4-7,9,11-12,14,17H,8,10H2,1-3H3,(H2,25,30). The second kappa shape index (κ2) is 7.44. The summed E-state index contributed by atoms with van der Waals surface area (Å²) < 4.78 is 46.8.